The van der Waals surface area contributed by atoms with Crippen molar-refractivity contribution in [3.8, 4) is 0 Å². The second kappa shape index (κ2) is 6.01. The molecule has 2 fully saturated rings. The third-order valence-corrected chi connectivity index (χ3v) is 4.18. The van der Waals surface area contributed by atoms with Crippen LogP contribution in [0.3, 0.4) is 0 Å². The number of nitrogens with zero attached hydrogens (tertiary/aromatic N) is 1. The number of ether oxygens (including phenoxy) is 2. The van der Waals surface area contributed by atoms with E-state index in [1.54, 1.807) is 23.1 Å². The van der Waals surface area contributed by atoms with Crippen LogP contribution in [0, 0.1) is 0 Å². The lowest BCUT2D eigenvalue weighted by Gasteiger charge is -2.37. The molecule has 2 aliphatic rings. The predicted octanol–water partition coefficient (Wildman–Crippen LogP) is 3.36. The van der Waals surface area contributed by atoms with Crippen LogP contribution in [-0.2, 0) is 9.47 Å². The topological polar surface area (TPSA) is 50.8 Å². The number of halogens is 2. The number of carbonyl (C=O) groups excluding carboxylic acids is 1. The quantitative estimate of drug-likeness (QED) is 0.858. The lowest BCUT2D eigenvalue weighted by atomic mass is 10.0. The number of benzene rings is 1. The molecule has 0 aromatic heterocycles. The Morgan fingerprint density at radius 2 is 1.67 bits per heavy atom. The van der Waals surface area contributed by atoms with E-state index in [0.717, 1.165) is 0 Å². The number of anilines is 1. The minimum absolute atomic E-state index is 0.166. The van der Waals surface area contributed by atoms with Gasteiger partial charge in [0.05, 0.1) is 13.2 Å². The van der Waals surface area contributed by atoms with E-state index >= 15 is 0 Å². The third-order valence-electron chi connectivity index (χ3n) is 3.74. The largest absolute Gasteiger partial charge is 0.347 e. The van der Waals surface area contributed by atoms with Crippen LogP contribution in [-0.4, -0.2) is 43.0 Å². The zero-order valence-corrected chi connectivity index (χ0v) is 12.9. The van der Waals surface area contributed by atoms with Crippen LogP contribution in [0.2, 0.25) is 10.0 Å². The third kappa shape index (κ3) is 3.43. The summed E-state index contributed by atoms with van der Waals surface area (Å²) in [4.78, 5) is 14.0. The maximum atomic E-state index is 12.2. The summed E-state index contributed by atoms with van der Waals surface area (Å²) in [5.74, 6) is -0.476. The van der Waals surface area contributed by atoms with Crippen molar-refractivity contribution in [3.63, 3.8) is 0 Å². The number of rotatable bonds is 1. The first-order chi connectivity index (χ1) is 10.1. The summed E-state index contributed by atoms with van der Waals surface area (Å²) >= 11 is 11.8. The lowest BCUT2D eigenvalue weighted by Crippen LogP contribution is -2.48. The van der Waals surface area contributed by atoms with E-state index in [9.17, 15) is 4.79 Å². The molecule has 3 rings (SSSR count). The van der Waals surface area contributed by atoms with Gasteiger partial charge in [0.2, 0.25) is 0 Å². The van der Waals surface area contributed by atoms with Crippen molar-refractivity contribution >= 4 is 34.9 Å². The van der Waals surface area contributed by atoms with Gasteiger partial charge in [0, 0.05) is 41.7 Å². The summed E-state index contributed by atoms with van der Waals surface area (Å²) in [5, 5.41) is 3.79. The molecule has 1 N–H and O–H groups in total. The van der Waals surface area contributed by atoms with Gasteiger partial charge in [-0.05, 0) is 18.2 Å². The van der Waals surface area contributed by atoms with Crippen LogP contribution in [0.4, 0.5) is 10.5 Å². The zero-order chi connectivity index (χ0) is 14.9. The van der Waals surface area contributed by atoms with Gasteiger partial charge in [-0.2, -0.15) is 0 Å². The minimum Gasteiger partial charge on any atom is -0.347 e. The summed E-state index contributed by atoms with van der Waals surface area (Å²) in [5.41, 5.74) is 0.589. The molecule has 0 radical (unpaired) electrons. The van der Waals surface area contributed by atoms with Crippen molar-refractivity contribution < 1.29 is 14.3 Å². The fourth-order valence-corrected chi connectivity index (χ4v) is 3.19. The highest BCUT2D eigenvalue weighted by molar-refractivity contribution is 6.35. The fraction of sp³-hybridized carbons (Fsp3) is 0.500. The van der Waals surface area contributed by atoms with Gasteiger partial charge < -0.3 is 19.7 Å². The molecule has 0 atom stereocenters. The molecule has 2 heterocycles. The number of carbonyl (C=O) groups is 1. The molecule has 0 saturated carbocycles. The molecular weight excluding hydrogens is 315 g/mol. The molecule has 0 aliphatic carbocycles. The van der Waals surface area contributed by atoms with Gasteiger partial charge in [-0.25, -0.2) is 4.79 Å². The van der Waals surface area contributed by atoms with Crippen LogP contribution in [0.1, 0.15) is 12.8 Å². The molecule has 0 bridgehead atoms. The first-order valence-electron chi connectivity index (χ1n) is 6.86. The second-order valence-corrected chi connectivity index (χ2v) is 6.06. The van der Waals surface area contributed by atoms with Gasteiger partial charge in [0.1, 0.15) is 0 Å². The van der Waals surface area contributed by atoms with Crippen LogP contribution < -0.4 is 5.32 Å². The predicted molar refractivity (Wildman–Crippen MR) is 80.9 cm³/mol. The van der Waals surface area contributed by atoms with Gasteiger partial charge in [-0.15, -0.1) is 0 Å². The Morgan fingerprint density at radius 1 is 1.10 bits per heavy atom. The number of hydrogen-bond acceptors (Lipinski definition) is 3. The number of hydrogen-bond donors (Lipinski definition) is 1. The van der Waals surface area contributed by atoms with Crippen LogP contribution in [0.5, 0.6) is 0 Å². The molecular formula is C14H16Cl2N2O3. The summed E-state index contributed by atoms with van der Waals surface area (Å²) in [6.45, 7) is 2.46. The molecule has 2 saturated heterocycles. The summed E-state index contributed by atoms with van der Waals surface area (Å²) in [7, 11) is 0. The Kier molecular flexibility index (Phi) is 4.26. The van der Waals surface area contributed by atoms with Crippen LogP contribution in [0.15, 0.2) is 18.2 Å². The number of urea groups is 1. The number of nitrogens with one attached hydrogen (secondary N) is 1. The Hall–Kier alpha value is -1.01. The Labute approximate surface area is 133 Å². The number of piperidine rings is 1. The molecule has 114 valence electrons. The first kappa shape index (κ1) is 14.9. The lowest BCUT2D eigenvalue weighted by molar-refractivity contribution is -0.181. The van der Waals surface area contributed by atoms with E-state index in [-0.39, 0.29) is 6.03 Å². The highest BCUT2D eigenvalue weighted by Crippen LogP contribution is 2.31. The van der Waals surface area contributed by atoms with E-state index < -0.39 is 5.79 Å². The van der Waals surface area contributed by atoms with Gasteiger partial charge in [0.15, 0.2) is 5.79 Å². The fourth-order valence-electron chi connectivity index (χ4n) is 2.66. The minimum atomic E-state index is -0.476. The van der Waals surface area contributed by atoms with Gasteiger partial charge >= 0.3 is 6.03 Å². The monoisotopic (exact) mass is 330 g/mol. The SMILES string of the molecule is O=C(Nc1cc(Cl)cc(Cl)c1)N1CCC2(CC1)OCCO2. The van der Waals surface area contributed by atoms with E-state index in [0.29, 0.717) is 54.9 Å². The maximum absolute atomic E-state index is 12.2. The molecule has 1 aromatic rings. The Balaban J connectivity index is 1.59. The Bertz CT molecular complexity index is 517. The second-order valence-electron chi connectivity index (χ2n) is 5.18. The average molecular weight is 331 g/mol. The molecule has 2 aliphatic heterocycles. The van der Waals surface area contributed by atoms with Crippen molar-refractivity contribution in [2.24, 2.45) is 0 Å². The summed E-state index contributed by atoms with van der Waals surface area (Å²) in [6, 6.07) is 4.79. The standard InChI is InChI=1S/C14H16Cl2N2O3/c15-10-7-11(16)9-12(8-10)17-13(19)18-3-1-14(2-4-18)20-5-6-21-14/h7-9H,1-6H2,(H,17,19). The average Bonchev–Trinajstić information content (AvgIpc) is 2.86. The van der Waals surface area contributed by atoms with E-state index in [2.05, 4.69) is 5.32 Å². The number of amides is 2. The van der Waals surface area contributed by atoms with E-state index in [4.69, 9.17) is 32.7 Å². The smallest absolute Gasteiger partial charge is 0.321 e. The first-order valence-corrected chi connectivity index (χ1v) is 7.62. The molecule has 0 unspecified atom stereocenters. The van der Waals surface area contributed by atoms with E-state index in [1.807, 2.05) is 0 Å². The molecule has 2 amide bonds. The van der Waals surface area contributed by atoms with Crippen molar-refractivity contribution in [1.29, 1.82) is 0 Å². The highest BCUT2D eigenvalue weighted by Gasteiger charge is 2.40. The summed E-state index contributed by atoms with van der Waals surface area (Å²) < 4.78 is 11.3. The maximum Gasteiger partial charge on any atom is 0.321 e. The van der Waals surface area contributed by atoms with Crippen LogP contribution >= 0.6 is 23.2 Å². The molecule has 1 spiro atoms. The summed E-state index contributed by atoms with van der Waals surface area (Å²) in [6.07, 6.45) is 1.38. The molecule has 5 nitrogen and oxygen atoms in total. The van der Waals surface area contributed by atoms with Crippen molar-refractivity contribution in [1.82, 2.24) is 4.90 Å². The van der Waals surface area contributed by atoms with Gasteiger partial charge in [-0.3, -0.25) is 0 Å². The molecule has 1 aromatic carbocycles. The normalized spacial score (nSPS) is 20.8. The van der Waals surface area contributed by atoms with E-state index in [1.165, 1.54) is 0 Å². The highest BCUT2D eigenvalue weighted by atomic mass is 35.5. The molecule has 7 heteroatoms. The van der Waals surface area contributed by atoms with Crippen molar-refractivity contribution in [3.05, 3.63) is 28.2 Å². The molecule has 21 heavy (non-hydrogen) atoms. The Morgan fingerprint density at radius 3 is 2.24 bits per heavy atom. The zero-order valence-electron chi connectivity index (χ0n) is 11.4. The van der Waals surface area contributed by atoms with Gasteiger partial charge in [0.25, 0.3) is 0 Å². The van der Waals surface area contributed by atoms with Crippen LogP contribution in [0.25, 0.3) is 0 Å². The van der Waals surface area contributed by atoms with Gasteiger partial charge in [-0.1, -0.05) is 23.2 Å². The van der Waals surface area contributed by atoms with Crippen molar-refractivity contribution in [2.45, 2.75) is 18.6 Å². The number of likely N-dealkylation sites (tertiary alicyclic amines) is 1. The van der Waals surface area contributed by atoms with Crippen molar-refractivity contribution in [2.75, 3.05) is 31.6 Å².